The molecule has 0 saturated heterocycles. The highest BCUT2D eigenvalue weighted by Gasteiger charge is 2.20. The van der Waals surface area contributed by atoms with E-state index in [0.717, 1.165) is 41.1 Å². The number of pyridine rings is 1. The molecule has 0 unspecified atom stereocenters. The predicted octanol–water partition coefficient (Wildman–Crippen LogP) is 2.78. The van der Waals surface area contributed by atoms with Gasteiger partial charge in [0.05, 0.1) is 5.69 Å². The fourth-order valence-electron chi connectivity index (χ4n) is 2.80. The first kappa shape index (κ1) is 14.2. The van der Waals surface area contributed by atoms with Gasteiger partial charge in [-0.2, -0.15) is 0 Å². The Morgan fingerprint density at radius 3 is 2.96 bits per heavy atom. The van der Waals surface area contributed by atoms with Crippen molar-refractivity contribution in [1.29, 1.82) is 0 Å². The van der Waals surface area contributed by atoms with E-state index >= 15 is 0 Å². The first-order chi connectivity index (χ1) is 11.2. The summed E-state index contributed by atoms with van der Waals surface area (Å²) in [7, 11) is 0. The molecule has 0 bridgehead atoms. The molecule has 0 saturated carbocycles. The summed E-state index contributed by atoms with van der Waals surface area (Å²) < 4.78 is 0. The first-order valence-electron chi connectivity index (χ1n) is 7.50. The van der Waals surface area contributed by atoms with Crippen molar-refractivity contribution in [3.05, 3.63) is 52.5 Å². The average Bonchev–Trinajstić information content (AvgIpc) is 2.90. The number of nitrogen functional groups attached to an aromatic ring is 1. The summed E-state index contributed by atoms with van der Waals surface area (Å²) in [5, 5.41) is 7.08. The molecule has 1 aromatic carbocycles. The zero-order valence-corrected chi connectivity index (χ0v) is 13.2. The van der Waals surface area contributed by atoms with Crippen molar-refractivity contribution < 1.29 is 4.79 Å². The molecule has 1 aliphatic rings. The number of nitrogens with zero attached hydrogens (tertiary/aromatic N) is 1. The molecule has 0 fully saturated rings. The van der Waals surface area contributed by atoms with E-state index in [4.69, 9.17) is 10.7 Å². The molecule has 116 valence electrons. The van der Waals surface area contributed by atoms with E-state index in [0.29, 0.717) is 10.6 Å². The molecule has 0 radical (unpaired) electrons. The highest BCUT2D eigenvalue weighted by Crippen LogP contribution is 2.34. The topological polar surface area (TPSA) is 80.0 Å². The van der Waals surface area contributed by atoms with Crippen LogP contribution in [-0.2, 0) is 13.0 Å². The largest absolute Gasteiger partial charge is 0.397 e. The molecule has 0 atom stereocenters. The fraction of sp³-hybridized carbons (Fsp3) is 0.176. The normalized spacial score (nSPS) is 13.7. The highest BCUT2D eigenvalue weighted by molar-refractivity contribution is 7.21. The average molecular weight is 324 g/mol. The highest BCUT2D eigenvalue weighted by atomic mass is 32.1. The quantitative estimate of drug-likeness (QED) is 0.677. The summed E-state index contributed by atoms with van der Waals surface area (Å²) in [5.74, 6) is -0.187. The van der Waals surface area contributed by atoms with Crippen molar-refractivity contribution in [1.82, 2.24) is 10.3 Å². The lowest BCUT2D eigenvalue weighted by Gasteiger charge is -2.15. The second-order valence-corrected chi connectivity index (χ2v) is 6.54. The molecule has 2 aromatic heterocycles. The summed E-state index contributed by atoms with van der Waals surface area (Å²) in [6.45, 7) is 1.74. The van der Waals surface area contributed by atoms with Crippen LogP contribution in [0.2, 0.25) is 0 Å². The number of aromatic nitrogens is 1. The number of anilines is 2. The van der Waals surface area contributed by atoms with E-state index in [1.54, 1.807) is 0 Å². The standard InChI is InChI=1S/C17H16N4OS/c18-14-12-8-10-9-19-7-6-13(10)21-17(12)23-15(14)16(22)20-11-4-2-1-3-5-11/h1-5,8,19H,6-7,9,18H2,(H,20,22). The lowest BCUT2D eigenvalue weighted by atomic mass is 10.1. The van der Waals surface area contributed by atoms with Gasteiger partial charge in [0.2, 0.25) is 0 Å². The minimum Gasteiger partial charge on any atom is -0.397 e. The maximum Gasteiger partial charge on any atom is 0.267 e. The molecule has 1 aliphatic heterocycles. The monoisotopic (exact) mass is 324 g/mol. The molecule has 23 heavy (non-hydrogen) atoms. The number of carbonyl (C=O) groups excluding carboxylic acids is 1. The number of hydrogen-bond donors (Lipinski definition) is 3. The van der Waals surface area contributed by atoms with Gasteiger partial charge in [-0.25, -0.2) is 4.98 Å². The van der Waals surface area contributed by atoms with E-state index in [2.05, 4.69) is 16.7 Å². The molecule has 3 aromatic rings. The zero-order valence-electron chi connectivity index (χ0n) is 12.4. The van der Waals surface area contributed by atoms with Crippen LogP contribution in [0.1, 0.15) is 20.9 Å². The van der Waals surface area contributed by atoms with Gasteiger partial charge in [-0.1, -0.05) is 18.2 Å². The summed E-state index contributed by atoms with van der Waals surface area (Å²) in [6.07, 6.45) is 0.911. The molecule has 0 spiro atoms. The molecular formula is C17H16N4OS. The third kappa shape index (κ3) is 2.56. The van der Waals surface area contributed by atoms with Crippen LogP contribution in [0, 0.1) is 0 Å². The van der Waals surface area contributed by atoms with Gasteiger partial charge in [0.1, 0.15) is 9.71 Å². The maximum absolute atomic E-state index is 12.5. The van der Waals surface area contributed by atoms with Crippen LogP contribution in [0.4, 0.5) is 11.4 Å². The third-order valence-electron chi connectivity index (χ3n) is 3.98. The van der Waals surface area contributed by atoms with E-state index in [-0.39, 0.29) is 5.91 Å². The number of nitrogens with two attached hydrogens (primary N) is 1. The van der Waals surface area contributed by atoms with Crippen molar-refractivity contribution in [3.63, 3.8) is 0 Å². The van der Waals surface area contributed by atoms with Gasteiger partial charge in [-0.3, -0.25) is 4.79 Å². The Kier molecular flexibility index (Phi) is 3.48. The summed E-state index contributed by atoms with van der Waals surface area (Å²) in [5.41, 5.74) is 9.76. The van der Waals surface area contributed by atoms with Gasteiger partial charge in [-0.05, 0) is 23.8 Å². The minimum absolute atomic E-state index is 0.187. The summed E-state index contributed by atoms with van der Waals surface area (Å²) >= 11 is 1.36. The smallest absolute Gasteiger partial charge is 0.267 e. The van der Waals surface area contributed by atoms with Crippen LogP contribution < -0.4 is 16.4 Å². The van der Waals surface area contributed by atoms with Crippen LogP contribution in [0.25, 0.3) is 10.2 Å². The maximum atomic E-state index is 12.5. The number of hydrogen-bond acceptors (Lipinski definition) is 5. The Hall–Kier alpha value is -2.44. The second kappa shape index (κ2) is 5.64. The van der Waals surface area contributed by atoms with Crippen LogP contribution in [0.3, 0.4) is 0 Å². The van der Waals surface area contributed by atoms with E-state index in [1.165, 1.54) is 16.9 Å². The molecule has 4 N–H and O–H groups in total. The molecule has 5 nitrogen and oxygen atoms in total. The van der Waals surface area contributed by atoms with Crippen LogP contribution >= 0.6 is 11.3 Å². The molecule has 4 rings (SSSR count). The van der Waals surface area contributed by atoms with Gasteiger partial charge in [0.15, 0.2) is 0 Å². The SMILES string of the molecule is Nc1c(C(=O)Nc2ccccc2)sc2nc3c(cc12)CNCC3. The molecule has 6 heteroatoms. The van der Waals surface area contributed by atoms with Crippen LogP contribution in [0.15, 0.2) is 36.4 Å². The number of nitrogens with one attached hydrogen (secondary N) is 2. The minimum atomic E-state index is -0.187. The van der Waals surface area contributed by atoms with E-state index in [9.17, 15) is 4.79 Å². The van der Waals surface area contributed by atoms with Crippen molar-refractivity contribution in [3.8, 4) is 0 Å². The number of para-hydroxylation sites is 1. The number of benzene rings is 1. The fourth-order valence-corrected chi connectivity index (χ4v) is 3.79. The van der Waals surface area contributed by atoms with Crippen molar-refractivity contribution in [2.24, 2.45) is 0 Å². The summed E-state index contributed by atoms with van der Waals surface area (Å²) in [4.78, 5) is 18.6. The van der Waals surface area contributed by atoms with E-state index < -0.39 is 0 Å². The Morgan fingerprint density at radius 2 is 2.13 bits per heavy atom. The second-order valence-electron chi connectivity index (χ2n) is 5.54. The third-order valence-corrected chi connectivity index (χ3v) is 5.10. The number of thiophene rings is 1. The number of rotatable bonds is 2. The van der Waals surface area contributed by atoms with Gasteiger partial charge >= 0.3 is 0 Å². The lowest BCUT2D eigenvalue weighted by Crippen LogP contribution is -2.24. The Labute approximate surface area is 137 Å². The summed E-state index contributed by atoms with van der Waals surface area (Å²) in [6, 6.07) is 11.4. The van der Waals surface area contributed by atoms with Gasteiger partial charge in [0.25, 0.3) is 5.91 Å². The Balaban J connectivity index is 1.72. The van der Waals surface area contributed by atoms with Crippen molar-refractivity contribution in [2.45, 2.75) is 13.0 Å². The van der Waals surface area contributed by atoms with Crippen molar-refractivity contribution >= 4 is 38.8 Å². The zero-order chi connectivity index (χ0) is 15.8. The Bertz CT molecular complexity index is 888. The van der Waals surface area contributed by atoms with Crippen molar-refractivity contribution in [2.75, 3.05) is 17.6 Å². The predicted molar refractivity (Wildman–Crippen MR) is 93.8 cm³/mol. The number of amides is 1. The van der Waals surface area contributed by atoms with E-state index in [1.807, 2.05) is 30.3 Å². The molecular weight excluding hydrogens is 308 g/mol. The number of carbonyl (C=O) groups is 1. The molecule has 1 amide bonds. The van der Waals surface area contributed by atoms with Crippen LogP contribution in [0.5, 0.6) is 0 Å². The molecule has 3 heterocycles. The first-order valence-corrected chi connectivity index (χ1v) is 8.32. The van der Waals surface area contributed by atoms with Gasteiger partial charge < -0.3 is 16.4 Å². The van der Waals surface area contributed by atoms with Gasteiger partial charge in [0, 0.05) is 36.3 Å². The van der Waals surface area contributed by atoms with Gasteiger partial charge in [-0.15, -0.1) is 11.3 Å². The Morgan fingerprint density at radius 1 is 1.30 bits per heavy atom. The number of fused-ring (bicyclic) bond motifs is 2. The van der Waals surface area contributed by atoms with Crippen LogP contribution in [-0.4, -0.2) is 17.4 Å². The molecule has 0 aliphatic carbocycles. The lowest BCUT2D eigenvalue weighted by molar-refractivity contribution is 0.103.